The highest BCUT2D eigenvalue weighted by molar-refractivity contribution is 5.97. The summed E-state index contributed by atoms with van der Waals surface area (Å²) in [5, 5.41) is 3.59. The molecule has 0 unspecified atom stereocenters. The number of halogens is 1. The van der Waals surface area contributed by atoms with E-state index in [-0.39, 0.29) is 18.1 Å². The second-order valence-electron chi connectivity index (χ2n) is 5.27. The third kappa shape index (κ3) is 5.47. The van der Waals surface area contributed by atoms with E-state index in [1.165, 1.54) is 24.3 Å². The van der Waals surface area contributed by atoms with Crippen LogP contribution in [0.25, 0.3) is 0 Å². The molecular weight excluding hydrogens is 339 g/mol. The van der Waals surface area contributed by atoms with Crippen LogP contribution in [0.3, 0.4) is 0 Å². The van der Waals surface area contributed by atoms with Crippen LogP contribution in [-0.4, -0.2) is 25.0 Å². The van der Waals surface area contributed by atoms with Gasteiger partial charge in [0.1, 0.15) is 5.82 Å². The van der Waals surface area contributed by atoms with Crippen molar-refractivity contribution in [1.29, 1.82) is 0 Å². The molecule has 138 valence electrons. The number of carbonyl (C=O) groups excluding carboxylic acids is 1. The van der Waals surface area contributed by atoms with Gasteiger partial charge in [-0.3, -0.25) is 0 Å². The maximum atomic E-state index is 12.9. The monoisotopic (exact) mass is 360 g/mol. The van der Waals surface area contributed by atoms with Gasteiger partial charge in [0, 0.05) is 5.56 Å². The van der Waals surface area contributed by atoms with Crippen molar-refractivity contribution in [3.63, 3.8) is 0 Å². The molecular formula is C19H21FN2O4. The molecule has 2 aromatic rings. The van der Waals surface area contributed by atoms with Gasteiger partial charge in [-0.2, -0.15) is 0 Å². The Morgan fingerprint density at radius 3 is 2.35 bits per heavy atom. The smallest absolute Gasteiger partial charge is 0.339 e. The van der Waals surface area contributed by atoms with Gasteiger partial charge in [0.2, 0.25) is 0 Å². The number of hydrogen-bond acceptors (Lipinski definition) is 5. The number of ether oxygens (including phenoxy) is 2. The molecule has 6 nitrogen and oxygen atoms in total. The second kappa shape index (κ2) is 9.41. The van der Waals surface area contributed by atoms with Crippen LogP contribution in [0.5, 0.6) is 11.5 Å². The third-order valence-corrected chi connectivity index (χ3v) is 3.34. The van der Waals surface area contributed by atoms with E-state index in [1.807, 2.05) is 13.8 Å². The number of rotatable bonds is 8. The molecule has 2 rings (SSSR count). The van der Waals surface area contributed by atoms with Crippen molar-refractivity contribution in [2.45, 2.75) is 20.3 Å². The van der Waals surface area contributed by atoms with E-state index in [1.54, 1.807) is 18.2 Å². The Hall–Kier alpha value is -3.09. The molecule has 0 atom stereocenters. The van der Waals surface area contributed by atoms with E-state index in [0.29, 0.717) is 35.8 Å². The van der Waals surface area contributed by atoms with Crippen LogP contribution in [0.1, 0.15) is 25.0 Å². The van der Waals surface area contributed by atoms with Crippen LogP contribution in [-0.2, 0) is 16.1 Å². The average Bonchev–Trinajstić information content (AvgIpc) is 2.63. The molecule has 0 amide bonds. The van der Waals surface area contributed by atoms with Crippen molar-refractivity contribution in [2.24, 2.45) is 10.9 Å². The first-order valence-electron chi connectivity index (χ1n) is 8.21. The summed E-state index contributed by atoms with van der Waals surface area (Å²) in [6, 6.07) is 10.6. The van der Waals surface area contributed by atoms with Gasteiger partial charge in [-0.05, 0) is 55.8 Å². The predicted octanol–water partition coefficient (Wildman–Crippen LogP) is 3.03. The highest BCUT2D eigenvalue weighted by atomic mass is 19.1. The lowest BCUT2D eigenvalue weighted by Gasteiger charge is -2.12. The van der Waals surface area contributed by atoms with Gasteiger partial charge in [0.15, 0.2) is 17.3 Å². The van der Waals surface area contributed by atoms with Gasteiger partial charge in [0.05, 0.1) is 19.6 Å². The topological polar surface area (TPSA) is 83.1 Å². The molecule has 0 saturated carbocycles. The Balaban J connectivity index is 2.01. The van der Waals surface area contributed by atoms with Gasteiger partial charge in [-0.25, -0.2) is 9.18 Å². The second-order valence-corrected chi connectivity index (χ2v) is 5.27. The normalized spacial score (nSPS) is 11.1. The maximum Gasteiger partial charge on any atom is 0.339 e. The fraction of sp³-hybridized carbons (Fsp3) is 0.263. The summed E-state index contributed by atoms with van der Waals surface area (Å²) in [4.78, 5) is 16.8. The Kier molecular flexibility index (Phi) is 6.96. The summed E-state index contributed by atoms with van der Waals surface area (Å²) >= 11 is 0. The summed E-state index contributed by atoms with van der Waals surface area (Å²) in [5.74, 6) is 0.194. The molecule has 7 heteroatoms. The van der Waals surface area contributed by atoms with Crippen LogP contribution >= 0.6 is 0 Å². The fourth-order valence-corrected chi connectivity index (χ4v) is 2.18. The van der Waals surface area contributed by atoms with Crippen LogP contribution in [0.2, 0.25) is 0 Å². The standard InChI is InChI=1S/C19H21FN2O4/c1-3-24-16-10-5-13(11-17(16)25-4-2)12-18(23)26-22-19(21)14-6-8-15(20)9-7-14/h5-11H,3-4,12H2,1-2H3,(H2,21,22). The number of hydrogen-bond donors (Lipinski definition) is 1. The first-order valence-corrected chi connectivity index (χ1v) is 8.21. The molecule has 0 heterocycles. The molecule has 0 aliphatic heterocycles. The fourth-order valence-electron chi connectivity index (χ4n) is 2.18. The van der Waals surface area contributed by atoms with Gasteiger partial charge < -0.3 is 20.0 Å². The number of amidine groups is 1. The molecule has 0 spiro atoms. The maximum absolute atomic E-state index is 12.9. The minimum absolute atomic E-state index is 0.00726. The molecule has 0 fully saturated rings. The highest BCUT2D eigenvalue weighted by Crippen LogP contribution is 2.28. The third-order valence-electron chi connectivity index (χ3n) is 3.34. The van der Waals surface area contributed by atoms with E-state index in [2.05, 4.69) is 5.16 Å². The van der Waals surface area contributed by atoms with Crippen molar-refractivity contribution in [2.75, 3.05) is 13.2 Å². The highest BCUT2D eigenvalue weighted by Gasteiger charge is 2.11. The Bertz CT molecular complexity index is 776. The lowest BCUT2D eigenvalue weighted by Crippen LogP contribution is -2.15. The van der Waals surface area contributed by atoms with Crippen LogP contribution in [0.4, 0.5) is 4.39 Å². The zero-order valence-corrected chi connectivity index (χ0v) is 14.7. The molecule has 26 heavy (non-hydrogen) atoms. The van der Waals surface area contributed by atoms with E-state index < -0.39 is 5.97 Å². The van der Waals surface area contributed by atoms with Gasteiger partial charge >= 0.3 is 5.97 Å². The molecule has 0 radical (unpaired) electrons. The van der Waals surface area contributed by atoms with E-state index in [9.17, 15) is 9.18 Å². The van der Waals surface area contributed by atoms with Crippen molar-refractivity contribution in [3.05, 3.63) is 59.4 Å². The van der Waals surface area contributed by atoms with Gasteiger partial charge in [0.25, 0.3) is 0 Å². The average molecular weight is 360 g/mol. The van der Waals surface area contributed by atoms with Gasteiger partial charge in [-0.15, -0.1) is 0 Å². The van der Waals surface area contributed by atoms with Crippen LogP contribution in [0, 0.1) is 5.82 Å². The van der Waals surface area contributed by atoms with Crippen molar-refractivity contribution < 1.29 is 23.5 Å². The molecule has 0 aliphatic carbocycles. The Morgan fingerprint density at radius 2 is 1.69 bits per heavy atom. The number of nitrogens with zero attached hydrogens (tertiary/aromatic N) is 1. The Morgan fingerprint density at radius 1 is 1.04 bits per heavy atom. The van der Waals surface area contributed by atoms with Crippen molar-refractivity contribution in [3.8, 4) is 11.5 Å². The summed E-state index contributed by atoms with van der Waals surface area (Å²) in [6.45, 7) is 4.74. The Labute approximate surface area is 151 Å². The summed E-state index contributed by atoms with van der Waals surface area (Å²) in [7, 11) is 0. The van der Waals surface area contributed by atoms with E-state index in [0.717, 1.165) is 0 Å². The van der Waals surface area contributed by atoms with Gasteiger partial charge in [-0.1, -0.05) is 11.2 Å². The number of carbonyl (C=O) groups is 1. The minimum Gasteiger partial charge on any atom is -0.490 e. The summed E-state index contributed by atoms with van der Waals surface area (Å²) in [6.07, 6.45) is -0.00726. The number of oxime groups is 1. The summed E-state index contributed by atoms with van der Waals surface area (Å²) < 4.78 is 23.9. The first-order chi connectivity index (χ1) is 12.5. The van der Waals surface area contributed by atoms with Crippen LogP contribution < -0.4 is 15.2 Å². The quantitative estimate of drug-likeness (QED) is 0.339. The molecule has 0 bridgehead atoms. The molecule has 2 N–H and O–H groups in total. The molecule has 0 aromatic heterocycles. The van der Waals surface area contributed by atoms with Crippen molar-refractivity contribution >= 4 is 11.8 Å². The van der Waals surface area contributed by atoms with Crippen molar-refractivity contribution in [1.82, 2.24) is 0 Å². The molecule has 0 aliphatic rings. The van der Waals surface area contributed by atoms with E-state index in [4.69, 9.17) is 20.0 Å². The number of nitrogens with two attached hydrogens (primary N) is 1. The molecule has 2 aromatic carbocycles. The lowest BCUT2D eigenvalue weighted by molar-refractivity contribution is -0.142. The summed E-state index contributed by atoms with van der Waals surface area (Å²) in [5.41, 5.74) is 6.87. The minimum atomic E-state index is -0.582. The SMILES string of the molecule is CCOc1ccc(CC(=O)O/N=C(\N)c2ccc(F)cc2)cc1OCC. The predicted molar refractivity (Wildman–Crippen MR) is 95.7 cm³/mol. The van der Waals surface area contributed by atoms with E-state index >= 15 is 0 Å². The van der Waals surface area contributed by atoms with Crippen LogP contribution in [0.15, 0.2) is 47.6 Å². The molecule has 0 saturated heterocycles. The number of benzene rings is 2. The lowest BCUT2D eigenvalue weighted by atomic mass is 10.1. The zero-order chi connectivity index (χ0) is 18.9. The first kappa shape index (κ1) is 19.2. The zero-order valence-electron chi connectivity index (χ0n) is 14.7. The largest absolute Gasteiger partial charge is 0.490 e.